The van der Waals surface area contributed by atoms with Gasteiger partial charge >= 0.3 is 0 Å². The summed E-state index contributed by atoms with van der Waals surface area (Å²) in [5, 5.41) is 3.48. The highest BCUT2D eigenvalue weighted by Crippen LogP contribution is 2.21. The van der Waals surface area contributed by atoms with Crippen LogP contribution in [0.15, 0.2) is 18.6 Å². The summed E-state index contributed by atoms with van der Waals surface area (Å²) in [7, 11) is 1.79. The fraction of sp³-hybridized carbons (Fsp3) is 0.636. The summed E-state index contributed by atoms with van der Waals surface area (Å²) < 4.78 is 5.33. The smallest absolute Gasteiger partial charge is 0.0724 e. The Bertz CT molecular complexity index is 291. The number of nitrogens with one attached hydrogen (secondary N) is 1. The lowest BCUT2D eigenvalue weighted by molar-refractivity contribution is 0.107. The van der Waals surface area contributed by atoms with E-state index in [-0.39, 0.29) is 0 Å². The number of aromatic nitrogens is 2. The Morgan fingerprint density at radius 3 is 3.07 bits per heavy atom. The predicted molar refractivity (Wildman–Crippen MR) is 57.3 cm³/mol. The number of rotatable bonds is 4. The molecule has 2 atom stereocenters. The molecule has 4 nitrogen and oxygen atoms in total. The molecule has 2 rings (SSSR count). The molecule has 0 aliphatic heterocycles. The van der Waals surface area contributed by atoms with E-state index in [0.29, 0.717) is 12.1 Å². The molecule has 1 saturated carbocycles. The lowest BCUT2D eigenvalue weighted by Crippen LogP contribution is -2.27. The van der Waals surface area contributed by atoms with Gasteiger partial charge in [-0.05, 0) is 19.3 Å². The fourth-order valence-electron chi connectivity index (χ4n) is 2.01. The van der Waals surface area contributed by atoms with Gasteiger partial charge in [0.25, 0.3) is 0 Å². The molecule has 4 heteroatoms. The molecule has 1 heterocycles. The van der Waals surface area contributed by atoms with Crippen molar-refractivity contribution < 1.29 is 4.74 Å². The number of hydrogen-bond donors (Lipinski definition) is 1. The van der Waals surface area contributed by atoms with Crippen molar-refractivity contribution in [2.24, 2.45) is 0 Å². The highest BCUT2D eigenvalue weighted by atomic mass is 16.5. The van der Waals surface area contributed by atoms with E-state index in [0.717, 1.165) is 25.1 Å². The van der Waals surface area contributed by atoms with E-state index in [1.165, 1.54) is 6.42 Å². The lowest BCUT2D eigenvalue weighted by Gasteiger charge is -2.11. The molecule has 1 N–H and O–H groups in total. The molecular weight excluding hydrogens is 190 g/mol. The van der Waals surface area contributed by atoms with E-state index in [1.807, 2.05) is 0 Å². The molecule has 1 aromatic rings. The Kier molecular flexibility index (Phi) is 3.64. The van der Waals surface area contributed by atoms with Gasteiger partial charge in [0.1, 0.15) is 0 Å². The second-order valence-electron chi connectivity index (χ2n) is 3.95. The molecule has 1 fully saturated rings. The van der Waals surface area contributed by atoms with Gasteiger partial charge in [-0.15, -0.1) is 0 Å². The lowest BCUT2D eigenvalue weighted by atomic mass is 10.2. The first-order valence-corrected chi connectivity index (χ1v) is 5.39. The third-order valence-corrected chi connectivity index (χ3v) is 2.91. The summed E-state index contributed by atoms with van der Waals surface area (Å²) in [5.41, 5.74) is 0.998. The predicted octanol–water partition coefficient (Wildman–Crippen LogP) is 1.13. The van der Waals surface area contributed by atoms with Crippen LogP contribution in [0.2, 0.25) is 0 Å². The maximum Gasteiger partial charge on any atom is 0.0724 e. The van der Waals surface area contributed by atoms with Crippen molar-refractivity contribution >= 4 is 0 Å². The molecule has 1 aromatic heterocycles. The first-order valence-electron chi connectivity index (χ1n) is 5.39. The molecule has 0 spiro atoms. The summed E-state index contributed by atoms with van der Waals surface area (Å²) >= 11 is 0. The van der Waals surface area contributed by atoms with Gasteiger partial charge in [0, 0.05) is 38.3 Å². The van der Waals surface area contributed by atoms with E-state index < -0.39 is 0 Å². The van der Waals surface area contributed by atoms with E-state index in [2.05, 4.69) is 15.3 Å². The van der Waals surface area contributed by atoms with Crippen molar-refractivity contribution in [2.75, 3.05) is 7.11 Å². The fourth-order valence-corrected chi connectivity index (χ4v) is 2.01. The monoisotopic (exact) mass is 207 g/mol. The van der Waals surface area contributed by atoms with Crippen molar-refractivity contribution in [2.45, 2.75) is 38.0 Å². The quantitative estimate of drug-likeness (QED) is 0.804. The van der Waals surface area contributed by atoms with Crippen LogP contribution in [0.1, 0.15) is 25.0 Å². The minimum atomic E-state index is 0.435. The van der Waals surface area contributed by atoms with E-state index >= 15 is 0 Å². The molecule has 0 radical (unpaired) electrons. The van der Waals surface area contributed by atoms with Gasteiger partial charge in [0.05, 0.1) is 11.8 Å². The Hall–Kier alpha value is -1.00. The zero-order chi connectivity index (χ0) is 10.5. The van der Waals surface area contributed by atoms with Crippen LogP contribution in [0.4, 0.5) is 0 Å². The molecule has 82 valence electrons. The minimum absolute atomic E-state index is 0.435. The van der Waals surface area contributed by atoms with Gasteiger partial charge in [-0.1, -0.05) is 0 Å². The number of ether oxygens (including phenoxy) is 1. The normalized spacial score (nSPS) is 25.7. The van der Waals surface area contributed by atoms with Crippen LogP contribution in [0.5, 0.6) is 0 Å². The average molecular weight is 207 g/mol. The summed E-state index contributed by atoms with van der Waals surface area (Å²) in [6, 6.07) is 0.567. The maximum absolute atomic E-state index is 5.33. The van der Waals surface area contributed by atoms with Crippen LogP contribution in [0, 0.1) is 0 Å². The molecule has 0 aromatic carbocycles. The Labute approximate surface area is 90.1 Å². The first kappa shape index (κ1) is 10.5. The van der Waals surface area contributed by atoms with Gasteiger partial charge in [-0.2, -0.15) is 0 Å². The summed E-state index contributed by atoms with van der Waals surface area (Å²) in [5.74, 6) is 0. The van der Waals surface area contributed by atoms with Crippen molar-refractivity contribution in [1.29, 1.82) is 0 Å². The molecule has 15 heavy (non-hydrogen) atoms. The van der Waals surface area contributed by atoms with Gasteiger partial charge in [-0.3, -0.25) is 9.97 Å². The first-order chi connectivity index (χ1) is 7.38. The van der Waals surface area contributed by atoms with Gasteiger partial charge in [0.2, 0.25) is 0 Å². The number of hydrogen-bond acceptors (Lipinski definition) is 4. The Morgan fingerprint density at radius 1 is 1.47 bits per heavy atom. The van der Waals surface area contributed by atoms with Crippen molar-refractivity contribution in [3.05, 3.63) is 24.3 Å². The molecular formula is C11H17N3O. The zero-order valence-electron chi connectivity index (χ0n) is 9.02. The van der Waals surface area contributed by atoms with Gasteiger partial charge in [-0.25, -0.2) is 0 Å². The van der Waals surface area contributed by atoms with Crippen LogP contribution in [0.3, 0.4) is 0 Å². The molecule has 0 saturated heterocycles. The van der Waals surface area contributed by atoms with Crippen molar-refractivity contribution in [3.63, 3.8) is 0 Å². The van der Waals surface area contributed by atoms with Crippen LogP contribution in [0.25, 0.3) is 0 Å². The van der Waals surface area contributed by atoms with E-state index in [9.17, 15) is 0 Å². The van der Waals surface area contributed by atoms with Crippen LogP contribution >= 0.6 is 0 Å². The largest absolute Gasteiger partial charge is 0.381 e. The Morgan fingerprint density at radius 2 is 2.40 bits per heavy atom. The third-order valence-electron chi connectivity index (χ3n) is 2.91. The van der Waals surface area contributed by atoms with E-state index in [1.54, 1.807) is 25.7 Å². The number of methoxy groups -OCH3 is 1. The summed E-state index contributed by atoms with van der Waals surface area (Å²) in [6.07, 6.45) is 9.12. The van der Waals surface area contributed by atoms with Gasteiger partial charge < -0.3 is 10.1 Å². The average Bonchev–Trinajstić information content (AvgIpc) is 2.76. The zero-order valence-corrected chi connectivity index (χ0v) is 9.02. The van der Waals surface area contributed by atoms with Gasteiger partial charge in [0.15, 0.2) is 0 Å². The van der Waals surface area contributed by atoms with Crippen LogP contribution < -0.4 is 5.32 Å². The second kappa shape index (κ2) is 5.19. The summed E-state index contributed by atoms with van der Waals surface area (Å²) in [4.78, 5) is 8.26. The van der Waals surface area contributed by atoms with Crippen molar-refractivity contribution in [3.8, 4) is 0 Å². The topological polar surface area (TPSA) is 47.0 Å². The second-order valence-corrected chi connectivity index (χ2v) is 3.95. The number of nitrogens with zero attached hydrogens (tertiary/aromatic N) is 2. The molecule has 1 aliphatic rings. The molecule has 2 unspecified atom stereocenters. The minimum Gasteiger partial charge on any atom is -0.381 e. The molecule has 0 amide bonds. The molecule has 1 aliphatic carbocycles. The van der Waals surface area contributed by atoms with Crippen LogP contribution in [-0.2, 0) is 11.3 Å². The van der Waals surface area contributed by atoms with Crippen LogP contribution in [-0.4, -0.2) is 29.2 Å². The Balaban J connectivity index is 1.75. The van der Waals surface area contributed by atoms with Crippen molar-refractivity contribution in [1.82, 2.24) is 15.3 Å². The standard InChI is InChI=1S/C11H17N3O/c1-15-11-3-2-9(6-11)14-8-10-7-12-4-5-13-10/h4-5,7,9,11,14H,2-3,6,8H2,1H3. The molecule has 0 bridgehead atoms. The summed E-state index contributed by atoms with van der Waals surface area (Å²) in [6.45, 7) is 0.801. The highest BCUT2D eigenvalue weighted by Gasteiger charge is 2.23. The van der Waals surface area contributed by atoms with E-state index in [4.69, 9.17) is 4.74 Å². The maximum atomic E-state index is 5.33. The third kappa shape index (κ3) is 2.97. The highest BCUT2D eigenvalue weighted by molar-refractivity contribution is 4.95. The SMILES string of the molecule is COC1CCC(NCc2cnccn2)C1.